The minimum absolute atomic E-state index is 0. The van der Waals surface area contributed by atoms with E-state index in [-0.39, 0.29) is 12.4 Å². The number of hydrogen-bond acceptors (Lipinski definition) is 3. The van der Waals surface area contributed by atoms with Crippen LogP contribution in [0.15, 0.2) is 30.3 Å². The Labute approximate surface area is 96.1 Å². The molecule has 0 bridgehead atoms. The van der Waals surface area contributed by atoms with E-state index in [0.29, 0.717) is 13.2 Å². The zero-order valence-corrected chi connectivity index (χ0v) is 9.54. The Balaban J connectivity index is 0.00000112. The van der Waals surface area contributed by atoms with Crippen molar-refractivity contribution in [2.45, 2.75) is 5.79 Å². The van der Waals surface area contributed by atoms with E-state index >= 15 is 0 Å². The van der Waals surface area contributed by atoms with Gasteiger partial charge in [-0.25, -0.2) is 0 Å². The second kappa shape index (κ2) is 4.94. The molecule has 0 aromatic heterocycles. The fourth-order valence-corrected chi connectivity index (χ4v) is 1.73. The highest BCUT2D eigenvalue weighted by Crippen LogP contribution is 2.25. The Kier molecular flexibility index (Phi) is 4.11. The van der Waals surface area contributed by atoms with Gasteiger partial charge in [0.25, 0.3) is 0 Å². The summed E-state index contributed by atoms with van der Waals surface area (Å²) in [5.74, 6) is -1.13. The predicted octanol–water partition coefficient (Wildman–Crippen LogP) is 1.22. The van der Waals surface area contributed by atoms with Gasteiger partial charge in [-0.2, -0.15) is 0 Å². The first-order chi connectivity index (χ1) is 6.71. The zero-order valence-electron chi connectivity index (χ0n) is 8.72. The van der Waals surface area contributed by atoms with Gasteiger partial charge in [0, 0.05) is 12.1 Å². The molecule has 1 aromatic carbocycles. The molecule has 0 spiro atoms. The van der Waals surface area contributed by atoms with Gasteiger partial charge in [-0.1, -0.05) is 30.3 Å². The van der Waals surface area contributed by atoms with E-state index in [2.05, 4.69) is 4.90 Å². The summed E-state index contributed by atoms with van der Waals surface area (Å²) in [7, 11) is 1.98. The van der Waals surface area contributed by atoms with E-state index in [1.54, 1.807) is 0 Å². The molecule has 15 heavy (non-hydrogen) atoms. The minimum Gasteiger partial charge on any atom is -0.361 e. The lowest BCUT2D eigenvalue weighted by molar-refractivity contribution is -0.245. The van der Waals surface area contributed by atoms with Crippen LogP contribution in [-0.4, -0.2) is 36.8 Å². The second-order valence-electron chi connectivity index (χ2n) is 3.74. The normalized spacial score (nSPS) is 27.1. The van der Waals surface area contributed by atoms with Crippen LogP contribution in [-0.2, 0) is 10.5 Å². The number of ether oxygens (including phenoxy) is 1. The van der Waals surface area contributed by atoms with Crippen molar-refractivity contribution in [2.75, 3.05) is 26.7 Å². The molecule has 0 amide bonds. The zero-order chi connectivity index (χ0) is 10.0. The molecule has 1 heterocycles. The summed E-state index contributed by atoms with van der Waals surface area (Å²) in [6.45, 7) is 1.97. The maximum atomic E-state index is 10.2. The summed E-state index contributed by atoms with van der Waals surface area (Å²) < 4.78 is 5.44. The van der Waals surface area contributed by atoms with Crippen LogP contribution >= 0.6 is 12.4 Å². The van der Waals surface area contributed by atoms with Crippen molar-refractivity contribution in [3.63, 3.8) is 0 Å². The van der Waals surface area contributed by atoms with Gasteiger partial charge in [0.2, 0.25) is 5.79 Å². The highest BCUT2D eigenvalue weighted by atomic mass is 35.5. The number of rotatable bonds is 1. The van der Waals surface area contributed by atoms with Crippen molar-refractivity contribution in [1.82, 2.24) is 4.90 Å². The second-order valence-corrected chi connectivity index (χ2v) is 3.74. The number of aliphatic hydroxyl groups is 1. The summed E-state index contributed by atoms with van der Waals surface area (Å²) in [5.41, 5.74) is 0.826. The molecule has 1 aliphatic heterocycles. The molecule has 0 aliphatic carbocycles. The topological polar surface area (TPSA) is 32.7 Å². The third-order valence-corrected chi connectivity index (χ3v) is 2.52. The van der Waals surface area contributed by atoms with Crippen LogP contribution in [0.3, 0.4) is 0 Å². The van der Waals surface area contributed by atoms with Crippen LogP contribution in [0, 0.1) is 0 Å². The Morgan fingerprint density at radius 2 is 2.00 bits per heavy atom. The van der Waals surface area contributed by atoms with Crippen molar-refractivity contribution in [2.24, 2.45) is 0 Å². The molecule has 0 saturated carbocycles. The number of likely N-dealkylation sites (N-methyl/N-ethyl adjacent to an activating group) is 1. The SMILES string of the molecule is CN1CCOC(O)(c2ccccc2)C1.Cl. The Morgan fingerprint density at radius 3 is 2.60 bits per heavy atom. The van der Waals surface area contributed by atoms with Crippen molar-refractivity contribution >= 4 is 12.4 Å². The standard InChI is InChI=1S/C11H15NO2.ClH/c1-12-7-8-14-11(13,9-12)10-5-3-2-4-6-10;/h2-6,13H,7-9H2,1H3;1H. The fraction of sp³-hybridized carbons (Fsp3) is 0.455. The van der Waals surface area contributed by atoms with Crippen molar-refractivity contribution < 1.29 is 9.84 Å². The number of benzene rings is 1. The highest BCUT2D eigenvalue weighted by Gasteiger charge is 2.34. The molecular weight excluding hydrogens is 214 g/mol. The van der Waals surface area contributed by atoms with Gasteiger partial charge in [0.05, 0.1) is 13.2 Å². The van der Waals surface area contributed by atoms with Crippen LogP contribution in [0.5, 0.6) is 0 Å². The molecule has 1 unspecified atom stereocenters. The van der Waals surface area contributed by atoms with Gasteiger partial charge in [0.15, 0.2) is 0 Å². The number of hydrogen-bond donors (Lipinski definition) is 1. The monoisotopic (exact) mass is 229 g/mol. The van der Waals surface area contributed by atoms with Crippen molar-refractivity contribution in [3.8, 4) is 0 Å². The van der Waals surface area contributed by atoms with Crippen LogP contribution in [0.1, 0.15) is 5.56 Å². The average molecular weight is 230 g/mol. The summed E-state index contributed by atoms with van der Waals surface area (Å²) in [5, 5.41) is 10.2. The van der Waals surface area contributed by atoms with E-state index in [9.17, 15) is 5.11 Å². The van der Waals surface area contributed by atoms with Gasteiger partial charge < -0.3 is 9.84 Å². The maximum absolute atomic E-state index is 10.2. The quantitative estimate of drug-likeness (QED) is 0.786. The number of halogens is 1. The van der Waals surface area contributed by atoms with E-state index in [1.807, 2.05) is 37.4 Å². The number of nitrogens with zero attached hydrogens (tertiary/aromatic N) is 1. The molecule has 2 rings (SSSR count). The Hall–Kier alpha value is -0.610. The van der Waals surface area contributed by atoms with E-state index in [1.165, 1.54) is 0 Å². The molecule has 4 heteroatoms. The van der Waals surface area contributed by atoms with Crippen molar-refractivity contribution in [1.29, 1.82) is 0 Å². The van der Waals surface area contributed by atoms with Gasteiger partial charge >= 0.3 is 0 Å². The molecule has 84 valence electrons. The van der Waals surface area contributed by atoms with Gasteiger partial charge in [-0.05, 0) is 7.05 Å². The van der Waals surface area contributed by atoms with Gasteiger partial charge in [-0.3, -0.25) is 4.90 Å². The largest absolute Gasteiger partial charge is 0.361 e. The fourth-order valence-electron chi connectivity index (χ4n) is 1.73. The molecule has 3 nitrogen and oxygen atoms in total. The third-order valence-electron chi connectivity index (χ3n) is 2.52. The Morgan fingerprint density at radius 1 is 1.33 bits per heavy atom. The molecule has 1 atom stereocenters. The molecule has 1 fully saturated rings. The van der Waals surface area contributed by atoms with E-state index in [0.717, 1.165) is 12.1 Å². The minimum atomic E-state index is -1.13. The maximum Gasteiger partial charge on any atom is 0.205 e. The van der Waals surface area contributed by atoms with E-state index in [4.69, 9.17) is 4.74 Å². The first kappa shape index (κ1) is 12.5. The van der Waals surface area contributed by atoms with Crippen LogP contribution < -0.4 is 0 Å². The lowest BCUT2D eigenvalue weighted by Crippen LogP contribution is -2.48. The predicted molar refractivity (Wildman–Crippen MR) is 61.0 cm³/mol. The van der Waals surface area contributed by atoms with Crippen LogP contribution in [0.25, 0.3) is 0 Å². The number of morpholine rings is 1. The first-order valence-corrected chi connectivity index (χ1v) is 4.81. The van der Waals surface area contributed by atoms with E-state index < -0.39 is 5.79 Å². The molecule has 0 radical (unpaired) electrons. The highest BCUT2D eigenvalue weighted by molar-refractivity contribution is 5.85. The summed E-state index contributed by atoms with van der Waals surface area (Å²) in [4.78, 5) is 2.07. The van der Waals surface area contributed by atoms with Crippen LogP contribution in [0.4, 0.5) is 0 Å². The Bertz CT molecular complexity index is 307. The summed E-state index contributed by atoms with van der Waals surface area (Å²) in [6.07, 6.45) is 0. The van der Waals surface area contributed by atoms with Crippen molar-refractivity contribution in [3.05, 3.63) is 35.9 Å². The average Bonchev–Trinajstić information content (AvgIpc) is 2.19. The summed E-state index contributed by atoms with van der Waals surface area (Å²) in [6, 6.07) is 9.52. The molecule has 1 aliphatic rings. The molecule has 1 N–H and O–H groups in total. The summed E-state index contributed by atoms with van der Waals surface area (Å²) >= 11 is 0. The molecular formula is C11H16ClNO2. The molecule has 1 saturated heterocycles. The lowest BCUT2D eigenvalue weighted by Gasteiger charge is -2.37. The van der Waals surface area contributed by atoms with Gasteiger partial charge in [-0.15, -0.1) is 12.4 Å². The third kappa shape index (κ3) is 2.69. The molecule has 1 aromatic rings. The number of β-amino-alcohol motifs (C(OH)–C–C–N with tert-alkyl or cyclic N) is 1. The first-order valence-electron chi connectivity index (χ1n) is 4.81. The lowest BCUT2D eigenvalue weighted by atomic mass is 10.0. The van der Waals surface area contributed by atoms with Gasteiger partial charge in [0.1, 0.15) is 0 Å². The van der Waals surface area contributed by atoms with Crippen LogP contribution in [0.2, 0.25) is 0 Å². The smallest absolute Gasteiger partial charge is 0.205 e.